The number of urea groups is 1. The summed E-state index contributed by atoms with van der Waals surface area (Å²) >= 11 is 3.17. The molecule has 118 valence electrons. The molecule has 1 heterocycles. The molecule has 8 heteroatoms. The van der Waals surface area contributed by atoms with Crippen LogP contribution in [0.1, 0.15) is 5.76 Å². The van der Waals surface area contributed by atoms with E-state index < -0.39 is 12.6 Å². The SMILES string of the molecule is CN(Cc1ccc(Br)o1)C(=O)Nc1ccccc1OC(F)F. The molecule has 1 N–H and O–H groups in total. The van der Waals surface area contributed by atoms with Crippen LogP contribution in [0.4, 0.5) is 19.3 Å². The van der Waals surface area contributed by atoms with E-state index in [2.05, 4.69) is 26.0 Å². The fourth-order valence-corrected chi connectivity index (χ4v) is 2.06. The Labute approximate surface area is 134 Å². The summed E-state index contributed by atoms with van der Waals surface area (Å²) in [6.45, 7) is -2.73. The van der Waals surface area contributed by atoms with Crippen LogP contribution in [0.15, 0.2) is 45.5 Å². The van der Waals surface area contributed by atoms with E-state index in [4.69, 9.17) is 4.42 Å². The molecule has 0 spiro atoms. The minimum atomic E-state index is -2.96. The highest BCUT2D eigenvalue weighted by Crippen LogP contribution is 2.26. The first-order chi connectivity index (χ1) is 10.5. The zero-order valence-corrected chi connectivity index (χ0v) is 13.1. The minimum absolute atomic E-state index is 0.0972. The molecule has 0 aliphatic rings. The normalized spacial score (nSPS) is 10.6. The smallest absolute Gasteiger partial charge is 0.387 e. The van der Waals surface area contributed by atoms with Crippen molar-refractivity contribution in [3.8, 4) is 5.75 Å². The van der Waals surface area contributed by atoms with Crippen LogP contribution in [0.25, 0.3) is 0 Å². The van der Waals surface area contributed by atoms with Gasteiger partial charge in [0.05, 0.1) is 12.2 Å². The zero-order valence-electron chi connectivity index (χ0n) is 11.6. The summed E-state index contributed by atoms with van der Waals surface area (Å²) in [6.07, 6.45) is 0. The number of benzene rings is 1. The van der Waals surface area contributed by atoms with E-state index in [1.54, 1.807) is 25.2 Å². The van der Waals surface area contributed by atoms with Crippen molar-refractivity contribution < 1.29 is 22.7 Å². The molecule has 0 fully saturated rings. The summed E-state index contributed by atoms with van der Waals surface area (Å²) in [7, 11) is 1.56. The van der Waals surface area contributed by atoms with E-state index in [1.807, 2.05) is 0 Å². The van der Waals surface area contributed by atoms with Crippen molar-refractivity contribution in [1.82, 2.24) is 4.90 Å². The lowest BCUT2D eigenvalue weighted by Crippen LogP contribution is -2.30. The Bertz CT molecular complexity index is 649. The van der Waals surface area contributed by atoms with Gasteiger partial charge in [0.1, 0.15) is 11.5 Å². The third-order valence-electron chi connectivity index (χ3n) is 2.71. The Hall–Kier alpha value is -2.09. The van der Waals surface area contributed by atoms with Gasteiger partial charge in [0.15, 0.2) is 4.67 Å². The predicted molar refractivity (Wildman–Crippen MR) is 80.0 cm³/mol. The Morgan fingerprint density at radius 1 is 1.36 bits per heavy atom. The Morgan fingerprint density at radius 3 is 2.73 bits per heavy atom. The number of nitrogens with one attached hydrogen (secondary N) is 1. The molecule has 0 aliphatic heterocycles. The lowest BCUT2D eigenvalue weighted by Gasteiger charge is -2.18. The van der Waals surface area contributed by atoms with Gasteiger partial charge in [0.25, 0.3) is 0 Å². The maximum Gasteiger partial charge on any atom is 0.387 e. The van der Waals surface area contributed by atoms with E-state index in [9.17, 15) is 13.6 Å². The second kappa shape index (κ2) is 7.26. The number of hydrogen-bond acceptors (Lipinski definition) is 3. The quantitative estimate of drug-likeness (QED) is 0.848. The van der Waals surface area contributed by atoms with Crippen molar-refractivity contribution in [2.24, 2.45) is 0 Å². The minimum Gasteiger partial charge on any atom is -0.452 e. The van der Waals surface area contributed by atoms with Gasteiger partial charge >= 0.3 is 12.6 Å². The van der Waals surface area contributed by atoms with Gasteiger partial charge in [-0.1, -0.05) is 12.1 Å². The summed E-state index contributed by atoms with van der Waals surface area (Å²) in [5, 5.41) is 2.52. The summed E-state index contributed by atoms with van der Waals surface area (Å²) in [5.74, 6) is 0.488. The van der Waals surface area contributed by atoms with Gasteiger partial charge < -0.3 is 19.4 Å². The van der Waals surface area contributed by atoms with Crippen molar-refractivity contribution in [3.05, 3.63) is 46.8 Å². The first-order valence-corrected chi connectivity index (χ1v) is 7.05. The number of rotatable bonds is 5. The predicted octanol–water partition coefficient (Wildman–Crippen LogP) is 4.31. The van der Waals surface area contributed by atoms with E-state index >= 15 is 0 Å². The van der Waals surface area contributed by atoms with Crippen LogP contribution >= 0.6 is 15.9 Å². The van der Waals surface area contributed by atoms with Gasteiger partial charge in [0, 0.05) is 7.05 Å². The Balaban J connectivity index is 2.02. The third kappa shape index (κ3) is 4.45. The highest BCUT2D eigenvalue weighted by molar-refractivity contribution is 9.10. The summed E-state index contributed by atoms with van der Waals surface area (Å²) in [6, 6.07) is 8.94. The molecule has 1 aromatic heterocycles. The van der Waals surface area contributed by atoms with Crippen LogP contribution in [0.3, 0.4) is 0 Å². The molecule has 0 bridgehead atoms. The molecule has 5 nitrogen and oxygen atoms in total. The average molecular weight is 375 g/mol. The first kappa shape index (κ1) is 16.3. The van der Waals surface area contributed by atoms with Crippen LogP contribution in [-0.4, -0.2) is 24.6 Å². The topological polar surface area (TPSA) is 54.7 Å². The lowest BCUT2D eigenvalue weighted by atomic mass is 10.3. The standard InChI is InChI=1S/C14H13BrF2N2O3/c1-19(8-9-6-7-12(15)21-9)14(20)18-10-4-2-3-5-11(10)22-13(16)17/h2-7,13H,8H2,1H3,(H,18,20). The van der Waals surface area contributed by atoms with Crippen molar-refractivity contribution in [3.63, 3.8) is 0 Å². The molecule has 0 aliphatic carbocycles. The van der Waals surface area contributed by atoms with Gasteiger partial charge in [-0.15, -0.1) is 0 Å². The monoisotopic (exact) mass is 374 g/mol. The molecule has 0 unspecified atom stereocenters. The number of carbonyl (C=O) groups is 1. The van der Waals surface area contributed by atoms with Crippen LogP contribution in [0, 0.1) is 0 Å². The van der Waals surface area contributed by atoms with Gasteiger partial charge in [-0.2, -0.15) is 8.78 Å². The highest BCUT2D eigenvalue weighted by Gasteiger charge is 2.15. The lowest BCUT2D eigenvalue weighted by molar-refractivity contribution is -0.0493. The molecule has 2 aromatic rings. The molecular formula is C14H13BrF2N2O3. The third-order valence-corrected chi connectivity index (χ3v) is 3.14. The number of ether oxygens (including phenoxy) is 1. The molecule has 2 amide bonds. The Kier molecular flexibility index (Phi) is 5.37. The van der Waals surface area contributed by atoms with Crippen molar-refractivity contribution >= 4 is 27.6 Å². The van der Waals surface area contributed by atoms with E-state index in [1.165, 1.54) is 23.1 Å². The fraction of sp³-hybridized carbons (Fsp3) is 0.214. The number of para-hydroxylation sites is 2. The number of hydrogen-bond donors (Lipinski definition) is 1. The number of furan rings is 1. The summed E-state index contributed by atoms with van der Waals surface area (Å²) < 4.78 is 34.9. The second-order valence-electron chi connectivity index (χ2n) is 4.37. The first-order valence-electron chi connectivity index (χ1n) is 6.26. The molecule has 0 radical (unpaired) electrons. The summed E-state index contributed by atoms with van der Waals surface area (Å²) in [4.78, 5) is 13.4. The molecule has 0 saturated heterocycles. The molecule has 2 rings (SSSR count). The number of nitrogens with zero attached hydrogens (tertiary/aromatic N) is 1. The Morgan fingerprint density at radius 2 is 2.09 bits per heavy atom. The molecule has 0 saturated carbocycles. The van der Waals surface area contributed by atoms with Crippen LogP contribution < -0.4 is 10.1 Å². The van der Waals surface area contributed by atoms with E-state index in [0.717, 1.165) is 0 Å². The number of anilines is 1. The van der Waals surface area contributed by atoms with Crippen LogP contribution in [-0.2, 0) is 6.54 Å². The van der Waals surface area contributed by atoms with Gasteiger partial charge in [0.2, 0.25) is 0 Å². The van der Waals surface area contributed by atoms with Gasteiger partial charge in [-0.25, -0.2) is 4.79 Å². The number of alkyl halides is 2. The second-order valence-corrected chi connectivity index (χ2v) is 5.15. The largest absolute Gasteiger partial charge is 0.452 e. The zero-order chi connectivity index (χ0) is 16.1. The van der Waals surface area contributed by atoms with Crippen LogP contribution in [0.2, 0.25) is 0 Å². The molecule has 0 atom stereocenters. The number of halogens is 3. The average Bonchev–Trinajstić information content (AvgIpc) is 2.85. The maximum absolute atomic E-state index is 12.3. The fourth-order valence-electron chi connectivity index (χ4n) is 1.72. The highest BCUT2D eigenvalue weighted by atomic mass is 79.9. The van der Waals surface area contributed by atoms with E-state index in [0.29, 0.717) is 10.4 Å². The molecule has 1 aromatic carbocycles. The maximum atomic E-state index is 12.3. The van der Waals surface area contributed by atoms with Gasteiger partial charge in [-0.3, -0.25) is 0 Å². The molecular weight excluding hydrogens is 362 g/mol. The molecule has 22 heavy (non-hydrogen) atoms. The van der Waals surface area contributed by atoms with Crippen molar-refractivity contribution in [1.29, 1.82) is 0 Å². The number of amides is 2. The van der Waals surface area contributed by atoms with Crippen molar-refractivity contribution in [2.45, 2.75) is 13.2 Å². The van der Waals surface area contributed by atoms with E-state index in [-0.39, 0.29) is 18.0 Å². The van der Waals surface area contributed by atoms with Crippen LogP contribution in [0.5, 0.6) is 5.75 Å². The van der Waals surface area contributed by atoms with Crippen molar-refractivity contribution in [2.75, 3.05) is 12.4 Å². The number of carbonyl (C=O) groups excluding carboxylic acids is 1. The van der Waals surface area contributed by atoms with Gasteiger partial charge in [-0.05, 0) is 40.2 Å². The summed E-state index contributed by atoms with van der Waals surface area (Å²) in [5.41, 5.74) is 0.167.